The van der Waals surface area contributed by atoms with Gasteiger partial charge in [-0.1, -0.05) is 5.16 Å². The van der Waals surface area contributed by atoms with Crippen LogP contribution in [0.15, 0.2) is 46.1 Å². The highest BCUT2D eigenvalue weighted by Crippen LogP contribution is 2.16. The first-order chi connectivity index (χ1) is 11.3. The summed E-state index contributed by atoms with van der Waals surface area (Å²) in [6, 6.07) is 8.47. The minimum Gasteiger partial charge on any atom is -0.368 e. The van der Waals surface area contributed by atoms with Gasteiger partial charge >= 0.3 is 0 Å². The number of aromatic nitrogens is 1. The Hall–Kier alpha value is -1.84. The van der Waals surface area contributed by atoms with Crippen LogP contribution < -0.4 is 10.2 Å². The summed E-state index contributed by atoms with van der Waals surface area (Å²) in [6.45, 7) is 4.04. The van der Waals surface area contributed by atoms with E-state index < -0.39 is 0 Å². The second-order valence-corrected chi connectivity index (χ2v) is 5.34. The third-order valence-corrected chi connectivity index (χ3v) is 3.90. The van der Waals surface area contributed by atoms with Gasteiger partial charge in [0.2, 0.25) is 0 Å². The summed E-state index contributed by atoms with van der Waals surface area (Å²) in [5.74, 6) is 0.650. The van der Waals surface area contributed by atoms with Crippen molar-refractivity contribution in [2.24, 2.45) is 4.99 Å². The number of halogens is 2. The molecule has 1 N–H and O–H groups in total. The third-order valence-electron chi connectivity index (χ3n) is 3.90. The number of benzene rings is 1. The van der Waals surface area contributed by atoms with Gasteiger partial charge < -0.3 is 19.6 Å². The van der Waals surface area contributed by atoms with E-state index in [4.69, 9.17) is 4.52 Å². The van der Waals surface area contributed by atoms with Gasteiger partial charge in [0.1, 0.15) is 17.8 Å². The second-order valence-electron chi connectivity index (χ2n) is 5.34. The van der Waals surface area contributed by atoms with Crippen molar-refractivity contribution >= 4 is 35.6 Å². The molecule has 130 valence electrons. The second kappa shape index (κ2) is 8.86. The minimum absolute atomic E-state index is 0. The molecule has 0 atom stereocenters. The lowest BCUT2D eigenvalue weighted by atomic mass is 10.2. The average Bonchev–Trinajstić information content (AvgIpc) is 3.10. The van der Waals surface area contributed by atoms with Gasteiger partial charge in [0.15, 0.2) is 5.96 Å². The van der Waals surface area contributed by atoms with Gasteiger partial charge in [-0.2, -0.15) is 0 Å². The Bertz CT molecular complexity index is 639. The molecule has 0 aliphatic carbocycles. The number of piperazine rings is 1. The molecule has 0 radical (unpaired) electrons. The summed E-state index contributed by atoms with van der Waals surface area (Å²) in [6.07, 6.45) is 1.56. The number of hydrogen-bond acceptors (Lipinski definition) is 4. The Kier molecular flexibility index (Phi) is 6.83. The van der Waals surface area contributed by atoms with Gasteiger partial charge in [-0.3, -0.25) is 4.99 Å². The molecule has 1 aliphatic heterocycles. The van der Waals surface area contributed by atoms with Crippen molar-refractivity contribution in [2.45, 2.75) is 6.54 Å². The van der Waals surface area contributed by atoms with Crippen LogP contribution in [0.2, 0.25) is 0 Å². The standard InChI is InChI=1S/C16H20FN5O.HI/c1-18-16(19-12-14-6-11-23-20-14)22-9-7-21(8-10-22)15-4-2-13(17)3-5-15;/h2-6,11H,7-10,12H2,1H3,(H,18,19);1H. The van der Waals surface area contributed by atoms with Crippen molar-refractivity contribution < 1.29 is 8.91 Å². The molecule has 0 amide bonds. The molecule has 24 heavy (non-hydrogen) atoms. The van der Waals surface area contributed by atoms with Crippen LogP contribution in [-0.2, 0) is 6.54 Å². The fourth-order valence-electron chi connectivity index (χ4n) is 2.66. The Morgan fingerprint density at radius 1 is 1.21 bits per heavy atom. The van der Waals surface area contributed by atoms with E-state index in [1.54, 1.807) is 13.3 Å². The number of guanidine groups is 1. The Balaban J connectivity index is 0.00000208. The van der Waals surface area contributed by atoms with E-state index in [1.807, 2.05) is 18.2 Å². The van der Waals surface area contributed by atoms with Crippen LogP contribution >= 0.6 is 24.0 Å². The average molecular weight is 445 g/mol. The molecule has 1 aromatic heterocycles. The maximum atomic E-state index is 13.0. The quantitative estimate of drug-likeness (QED) is 0.447. The van der Waals surface area contributed by atoms with E-state index >= 15 is 0 Å². The molecule has 0 bridgehead atoms. The van der Waals surface area contributed by atoms with Gasteiger partial charge in [0.25, 0.3) is 0 Å². The molecular formula is C16H21FIN5O. The molecule has 0 saturated carbocycles. The molecule has 0 unspecified atom stereocenters. The monoisotopic (exact) mass is 445 g/mol. The zero-order chi connectivity index (χ0) is 16.1. The Labute approximate surface area is 157 Å². The highest BCUT2D eigenvalue weighted by Gasteiger charge is 2.19. The van der Waals surface area contributed by atoms with Gasteiger partial charge in [-0.15, -0.1) is 24.0 Å². The highest BCUT2D eigenvalue weighted by atomic mass is 127. The molecule has 0 spiro atoms. The van der Waals surface area contributed by atoms with Crippen molar-refractivity contribution in [3.05, 3.63) is 48.1 Å². The van der Waals surface area contributed by atoms with Crippen LogP contribution in [0.5, 0.6) is 0 Å². The van der Waals surface area contributed by atoms with Crippen molar-refractivity contribution in [3.8, 4) is 0 Å². The number of hydrogen-bond donors (Lipinski definition) is 1. The normalized spacial score (nSPS) is 15.2. The summed E-state index contributed by atoms with van der Waals surface area (Å²) in [5.41, 5.74) is 1.90. The first-order valence-electron chi connectivity index (χ1n) is 7.61. The van der Waals surface area contributed by atoms with Crippen molar-refractivity contribution in [1.82, 2.24) is 15.4 Å². The predicted octanol–water partition coefficient (Wildman–Crippen LogP) is 2.33. The first kappa shape index (κ1) is 18.5. The molecule has 1 aromatic carbocycles. The van der Waals surface area contributed by atoms with Crippen molar-refractivity contribution in [3.63, 3.8) is 0 Å². The number of anilines is 1. The van der Waals surface area contributed by atoms with E-state index in [0.29, 0.717) is 6.54 Å². The van der Waals surface area contributed by atoms with Crippen LogP contribution in [0, 0.1) is 5.82 Å². The van der Waals surface area contributed by atoms with Gasteiger partial charge in [-0.05, 0) is 24.3 Å². The molecular weight excluding hydrogens is 424 g/mol. The van der Waals surface area contributed by atoms with Crippen LogP contribution in [0.1, 0.15) is 5.69 Å². The third kappa shape index (κ3) is 4.59. The van der Waals surface area contributed by atoms with E-state index in [9.17, 15) is 4.39 Å². The maximum absolute atomic E-state index is 13.0. The van der Waals surface area contributed by atoms with E-state index in [-0.39, 0.29) is 29.8 Å². The predicted molar refractivity (Wildman–Crippen MR) is 102 cm³/mol. The zero-order valence-corrected chi connectivity index (χ0v) is 15.8. The van der Waals surface area contributed by atoms with Crippen LogP contribution in [0.4, 0.5) is 10.1 Å². The summed E-state index contributed by atoms with van der Waals surface area (Å²) in [5, 5.41) is 7.17. The van der Waals surface area contributed by atoms with E-state index in [2.05, 4.69) is 25.3 Å². The topological polar surface area (TPSA) is 56.9 Å². The van der Waals surface area contributed by atoms with Gasteiger partial charge in [0.05, 0.1) is 6.54 Å². The smallest absolute Gasteiger partial charge is 0.194 e. The largest absolute Gasteiger partial charge is 0.368 e. The molecule has 8 heteroatoms. The molecule has 3 rings (SSSR count). The number of rotatable bonds is 3. The molecule has 2 heterocycles. The molecule has 1 saturated heterocycles. The van der Waals surface area contributed by atoms with E-state index in [0.717, 1.165) is 43.5 Å². The van der Waals surface area contributed by atoms with Crippen molar-refractivity contribution in [2.75, 3.05) is 38.1 Å². The summed E-state index contributed by atoms with van der Waals surface area (Å²) >= 11 is 0. The fourth-order valence-corrected chi connectivity index (χ4v) is 2.66. The molecule has 6 nitrogen and oxygen atoms in total. The first-order valence-corrected chi connectivity index (χ1v) is 7.61. The summed E-state index contributed by atoms with van der Waals surface area (Å²) in [7, 11) is 1.78. The van der Waals surface area contributed by atoms with Crippen LogP contribution in [0.25, 0.3) is 0 Å². The van der Waals surface area contributed by atoms with Crippen LogP contribution in [-0.4, -0.2) is 49.2 Å². The fraction of sp³-hybridized carbons (Fsp3) is 0.375. The van der Waals surface area contributed by atoms with Crippen LogP contribution in [0.3, 0.4) is 0 Å². The number of nitrogens with one attached hydrogen (secondary N) is 1. The van der Waals surface area contributed by atoms with E-state index in [1.165, 1.54) is 12.1 Å². The molecule has 2 aromatic rings. The Morgan fingerprint density at radius 2 is 1.92 bits per heavy atom. The lowest BCUT2D eigenvalue weighted by Gasteiger charge is -2.37. The van der Waals surface area contributed by atoms with Crippen molar-refractivity contribution in [1.29, 1.82) is 0 Å². The maximum Gasteiger partial charge on any atom is 0.194 e. The molecule has 1 aliphatic rings. The lowest BCUT2D eigenvalue weighted by molar-refractivity contribution is 0.370. The SMILES string of the molecule is CN=C(NCc1ccon1)N1CCN(c2ccc(F)cc2)CC1.I. The van der Waals surface area contributed by atoms with Gasteiger partial charge in [0, 0.05) is 45.0 Å². The Morgan fingerprint density at radius 3 is 2.50 bits per heavy atom. The number of nitrogens with zero attached hydrogens (tertiary/aromatic N) is 4. The molecule has 1 fully saturated rings. The minimum atomic E-state index is -0.204. The summed E-state index contributed by atoms with van der Waals surface area (Å²) in [4.78, 5) is 8.78. The summed E-state index contributed by atoms with van der Waals surface area (Å²) < 4.78 is 17.8. The number of aliphatic imine (C=N–C) groups is 1. The lowest BCUT2D eigenvalue weighted by Crippen LogP contribution is -2.52. The zero-order valence-electron chi connectivity index (χ0n) is 13.5. The highest BCUT2D eigenvalue weighted by molar-refractivity contribution is 14.0. The van der Waals surface area contributed by atoms with Gasteiger partial charge in [-0.25, -0.2) is 4.39 Å².